The third-order valence-electron chi connectivity index (χ3n) is 2.95. The molecule has 3 aromatic rings. The van der Waals surface area contributed by atoms with E-state index < -0.39 is 0 Å². The van der Waals surface area contributed by atoms with Gasteiger partial charge in [0.1, 0.15) is 5.69 Å². The fourth-order valence-electron chi connectivity index (χ4n) is 1.93. The normalized spacial score (nSPS) is 10.8. The van der Waals surface area contributed by atoms with Gasteiger partial charge in [-0.1, -0.05) is 5.21 Å². The minimum Gasteiger partial charge on any atom is -0.346 e. The highest BCUT2D eigenvalue weighted by Gasteiger charge is 2.14. The second kappa shape index (κ2) is 5.44. The summed E-state index contributed by atoms with van der Waals surface area (Å²) < 4.78 is 1.77. The molecule has 9 heteroatoms. The van der Waals surface area contributed by atoms with E-state index in [1.807, 2.05) is 31.6 Å². The molecule has 2 N–H and O–H groups in total. The molecule has 108 valence electrons. The van der Waals surface area contributed by atoms with E-state index in [1.54, 1.807) is 15.9 Å². The number of aryl methyl sites for hydroxylation is 2. The molecule has 0 unspecified atom stereocenters. The number of aromatic nitrogens is 6. The maximum atomic E-state index is 12.2. The van der Waals surface area contributed by atoms with Gasteiger partial charge in [-0.3, -0.25) is 4.79 Å². The Morgan fingerprint density at radius 3 is 3.05 bits per heavy atom. The predicted molar refractivity (Wildman–Crippen MR) is 76.6 cm³/mol. The first-order valence-electron chi connectivity index (χ1n) is 6.23. The summed E-state index contributed by atoms with van der Waals surface area (Å²) in [4.78, 5) is 16.6. The van der Waals surface area contributed by atoms with Gasteiger partial charge in [0.25, 0.3) is 5.91 Å². The standard InChI is InChI=1S/C12H13N7OS/c1-7-14-9(6-21-7)8-3-10(19(2)5-8)12(20)13-4-11-15-17-18-16-11/h3,5-6H,4H2,1-2H3,(H,13,20)(H,15,16,17,18). The van der Waals surface area contributed by atoms with Gasteiger partial charge in [0, 0.05) is 24.2 Å². The zero-order valence-corrected chi connectivity index (χ0v) is 12.3. The monoisotopic (exact) mass is 303 g/mol. The first-order chi connectivity index (χ1) is 10.1. The van der Waals surface area contributed by atoms with Crippen LogP contribution in [0.2, 0.25) is 0 Å². The maximum absolute atomic E-state index is 12.2. The van der Waals surface area contributed by atoms with E-state index in [-0.39, 0.29) is 12.5 Å². The molecule has 1 amide bonds. The van der Waals surface area contributed by atoms with Crippen LogP contribution in [0.3, 0.4) is 0 Å². The summed E-state index contributed by atoms with van der Waals surface area (Å²) >= 11 is 1.58. The van der Waals surface area contributed by atoms with Gasteiger partial charge in [0.15, 0.2) is 5.82 Å². The van der Waals surface area contributed by atoms with Crippen LogP contribution in [0, 0.1) is 6.92 Å². The van der Waals surface area contributed by atoms with Crippen LogP contribution in [0.4, 0.5) is 0 Å². The van der Waals surface area contributed by atoms with Crippen LogP contribution in [0.1, 0.15) is 21.3 Å². The van der Waals surface area contributed by atoms with Crippen LogP contribution < -0.4 is 5.32 Å². The SMILES string of the molecule is Cc1nc(-c2cc(C(=O)NCc3nn[nH]n3)n(C)c2)cs1. The third kappa shape index (κ3) is 2.82. The van der Waals surface area contributed by atoms with Crippen molar-refractivity contribution in [3.8, 4) is 11.3 Å². The number of rotatable bonds is 4. The number of hydrogen-bond acceptors (Lipinski definition) is 6. The summed E-state index contributed by atoms with van der Waals surface area (Å²) in [5.74, 6) is 0.244. The van der Waals surface area contributed by atoms with E-state index in [4.69, 9.17) is 0 Å². The van der Waals surface area contributed by atoms with E-state index in [2.05, 4.69) is 30.9 Å². The largest absolute Gasteiger partial charge is 0.346 e. The molecule has 0 aromatic carbocycles. The maximum Gasteiger partial charge on any atom is 0.268 e. The van der Waals surface area contributed by atoms with E-state index in [0.29, 0.717) is 11.5 Å². The Labute approximate surface area is 124 Å². The minimum atomic E-state index is -0.194. The smallest absolute Gasteiger partial charge is 0.268 e. The van der Waals surface area contributed by atoms with Crippen LogP contribution in [-0.2, 0) is 13.6 Å². The lowest BCUT2D eigenvalue weighted by Gasteiger charge is -2.02. The number of carbonyl (C=O) groups excluding carboxylic acids is 1. The summed E-state index contributed by atoms with van der Waals surface area (Å²) in [5, 5.41) is 19.1. The first kappa shape index (κ1) is 13.4. The Kier molecular flexibility index (Phi) is 3.48. The average molecular weight is 303 g/mol. The van der Waals surface area contributed by atoms with Crippen molar-refractivity contribution >= 4 is 17.2 Å². The van der Waals surface area contributed by atoms with Crippen molar-refractivity contribution < 1.29 is 4.79 Å². The van der Waals surface area contributed by atoms with E-state index in [9.17, 15) is 4.79 Å². The van der Waals surface area contributed by atoms with Crippen LogP contribution in [0.25, 0.3) is 11.3 Å². The number of carbonyl (C=O) groups is 1. The molecule has 0 saturated heterocycles. The quantitative estimate of drug-likeness (QED) is 0.745. The Morgan fingerprint density at radius 2 is 2.38 bits per heavy atom. The van der Waals surface area contributed by atoms with E-state index >= 15 is 0 Å². The van der Waals surface area contributed by atoms with Crippen LogP contribution in [0.5, 0.6) is 0 Å². The number of aromatic amines is 1. The van der Waals surface area contributed by atoms with Crippen molar-refractivity contribution in [2.45, 2.75) is 13.5 Å². The number of hydrogen-bond donors (Lipinski definition) is 2. The highest BCUT2D eigenvalue weighted by Crippen LogP contribution is 2.23. The Balaban J connectivity index is 1.76. The van der Waals surface area contributed by atoms with Gasteiger partial charge in [-0.2, -0.15) is 5.21 Å². The van der Waals surface area contributed by atoms with Gasteiger partial charge in [-0.25, -0.2) is 4.98 Å². The lowest BCUT2D eigenvalue weighted by molar-refractivity contribution is 0.0942. The minimum absolute atomic E-state index is 0.194. The van der Waals surface area contributed by atoms with E-state index in [0.717, 1.165) is 16.3 Å². The number of amides is 1. The Bertz CT molecular complexity index is 759. The molecular weight excluding hydrogens is 290 g/mol. The molecule has 0 radical (unpaired) electrons. The van der Waals surface area contributed by atoms with Crippen LogP contribution >= 0.6 is 11.3 Å². The second-order valence-corrected chi connectivity index (χ2v) is 5.55. The van der Waals surface area contributed by atoms with Gasteiger partial charge >= 0.3 is 0 Å². The number of nitrogens with one attached hydrogen (secondary N) is 2. The zero-order valence-electron chi connectivity index (χ0n) is 11.5. The number of H-pyrrole nitrogens is 1. The molecule has 3 aromatic heterocycles. The van der Waals surface area contributed by atoms with Gasteiger partial charge < -0.3 is 9.88 Å². The van der Waals surface area contributed by atoms with Crippen molar-refractivity contribution in [3.05, 3.63) is 34.2 Å². The molecule has 0 aliphatic heterocycles. The molecule has 0 aliphatic carbocycles. The van der Waals surface area contributed by atoms with Gasteiger partial charge in [-0.05, 0) is 13.0 Å². The second-order valence-electron chi connectivity index (χ2n) is 4.49. The van der Waals surface area contributed by atoms with Crippen molar-refractivity contribution in [2.75, 3.05) is 0 Å². The summed E-state index contributed by atoms with van der Waals surface area (Å²) in [6.45, 7) is 2.18. The van der Waals surface area contributed by atoms with Crippen molar-refractivity contribution in [2.24, 2.45) is 7.05 Å². The molecule has 3 heterocycles. The number of tetrazole rings is 1. The van der Waals surface area contributed by atoms with Gasteiger partial charge in [0.05, 0.1) is 17.2 Å². The molecule has 0 bridgehead atoms. The third-order valence-corrected chi connectivity index (χ3v) is 3.72. The molecule has 0 aliphatic rings. The number of nitrogens with zero attached hydrogens (tertiary/aromatic N) is 5. The molecule has 3 rings (SSSR count). The van der Waals surface area contributed by atoms with E-state index in [1.165, 1.54) is 0 Å². The summed E-state index contributed by atoms with van der Waals surface area (Å²) in [7, 11) is 1.83. The molecule has 0 atom stereocenters. The van der Waals surface area contributed by atoms with Crippen LogP contribution in [0.15, 0.2) is 17.6 Å². The van der Waals surface area contributed by atoms with Crippen molar-refractivity contribution in [1.82, 2.24) is 35.5 Å². The van der Waals surface area contributed by atoms with Gasteiger partial charge in [0.2, 0.25) is 0 Å². The molecule has 0 fully saturated rings. The fourth-order valence-corrected chi connectivity index (χ4v) is 2.56. The van der Waals surface area contributed by atoms with Crippen molar-refractivity contribution in [1.29, 1.82) is 0 Å². The van der Waals surface area contributed by atoms with Crippen LogP contribution in [-0.4, -0.2) is 36.1 Å². The lowest BCUT2D eigenvalue weighted by Crippen LogP contribution is -2.25. The van der Waals surface area contributed by atoms with Gasteiger partial charge in [-0.15, -0.1) is 21.5 Å². The molecule has 0 spiro atoms. The molecule has 8 nitrogen and oxygen atoms in total. The zero-order chi connectivity index (χ0) is 14.8. The lowest BCUT2D eigenvalue weighted by atomic mass is 10.2. The Morgan fingerprint density at radius 1 is 1.52 bits per heavy atom. The average Bonchev–Trinajstić information content (AvgIpc) is 3.16. The highest BCUT2D eigenvalue weighted by molar-refractivity contribution is 7.09. The predicted octanol–water partition coefficient (Wildman–Crippen LogP) is 0.900. The fraction of sp³-hybridized carbons (Fsp3) is 0.250. The number of thiazole rings is 1. The summed E-state index contributed by atoms with van der Waals surface area (Å²) in [6, 6.07) is 1.82. The Hall–Kier alpha value is -2.55. The molecule has 21 heavy (non-hydrogen) atoms. The first-order valence-corrected chi connectivity index (χ1v) is 7.11. The highest BCUT2D eigenvalue weighted by atomic mass is 32.1. The molecule has 0 saturated carbocycles. The molecular formula is C12H13N7OS. The summed E-state index contributed by atoms with van der Waals surface area (Å²) in [6.07, 6.45) is 1.89. The van der Waals surface area contributed by atoms with Crippen molar-refractivity contribution in [3.63, 3.8) is 0 Å². The summed E-state index contributed by atoms with van der Waals surface area (Å²) in [5.41, 5.74) is 2.36. The topological polar surface area (TPSA) is 101 Å².